The summed E-state index contributed by atoms with van der Waals surface area (Å²) in [5.41, 5.74) is 0.669. The van der Waals surface area contributed by atoms with E-state index >= 15 is 0 Å². The molecule has 2 saturated carbocycles. The van der Waals surface area contributed by atoms with Gasteiger partial charge in [0.15, 0.2) is 9.84 Å². The Hall–Kier alpha value is -1.56. The van der Waals surface area contributed by atoms with E-state index in [4.69, 9.17) is 0 Å². The maximum absolute atomic E-state index is 12.8. The first-order chi connectivity index (χ1) is 13.1. The topological polar surface area (TPSA) is 66.5 Å². The Labute approximate surface area is 162 Å². The van der Waals surface area contributed by atoms with E-state index in [2.05, 4.69) is 5.32 Å². The molecule has 1 saturated heterocycles. The average molecular weight is 391 g/mol. The first kappa shape index (κ1) is 18.8. The second kappa shape index (κ2) is 7.82. The molecule has 148 valence electrons. The highest BCUT2D eigenvalue weighted by Crippen LogP contribution is 2.36. The van der Waals surface area contributed by atoms with Gasteiger partial charge in [0.05, 0.1) is 10.1 Å². The van der Waals surface area contributed by atoms with Crippen LogP contribution in [0.15, 0.2) is 29.2 Å². The fraction of sp³-hybridized carbons (Fsp3) is 0.667. The smallest absolute Gasteiger partial charge is 0.321 e. The normalized spacial score (nSPS) is 24.6. The lowest BCUT2D eigenvalue weighted by atomic mass is 9.96. The predicted octanol–water partition coefficient (Wildman–Crippen LogP) is 4.59. The van der Waals surface area contributed by atoms with Gasteiger partial charge in [0.2, 0.25) is 0 Å². The minimum absolute atomic E-state index is 0.0456. The van der Waals surface area contributed by atoms with E-state index in [0.29, 0.717) is 22.5 Å². The van der Waals surface area contributed by atoms with Gasteiger partial charge in [-0.2, -0.15) is 0 Å². The molecule has 1 heterocycles. The molecule has 1 aromatic carbocycles. The van der Waals surface area contributed by atoms with Gasteiger partial charge in [0.1, 0.15) is 0 Å². The number of hydrogen-bond donors (Lipinski definition) is 1. The van der Waals surface area contributed by atoms with Crippen LogP contribution in [0.1, 0.15) is 64.2 Å². The molecule has 4 rings (SSSR count). The number of hydrogen-bond acceptors (Lipinski definition) is 3. The Kier molecular flexibility index (Phi) is 5.44. The van der Waals surface area contributed by atoms with E-state index in [9.17, 15) is 13.2 Å². The van der Waals surface area contributed by atoms with Crippen molar-refractivity contribution in [3.8, 4) is 0 Å². The molecule has 0 spiro atoms. The molecule has 3 fully saturated rings. The van der Waals surface area contributed by atoms with Crippen LogP contribution in [-0.2, 0) is 9.84 Å². The first-order valence-corrected chi connectivity index (χ1v) is 12.0. The highest BCUT2D eigenvalue weighted by Gasteiger charge is 2.36. The van der Waals surface area contributed by atoms with Crippen molar-refractivity contribution in [3.05, 3.63) is 24.3 Å². The van der Waals surface area contributed by atoms with Gasteiger partial charge in [-0.3, -0.25) is 0 Å². The fourth-order valence-electron chi connectivity index (χ4n) is 5.19. The number of sulfone groups is 1. The lowest BCUT2D eigenvalue weighted by Gasteiger charge is -2.29. The minimum atomic E-state index is -3.24. The van der Waals surface area contributed by atoms with Crippen LogP contribution in [0.2, 0.25) is 0 Å². The summed E-state index contributed by atoms with van der Waals surface area (Å²) in [5.74, 6) is 0.650. The van der Waals surface area contributed by atoms with Gasteiger partial charge in [-0.1, -0.05) is 25.7 Å². The minimum Gasteiger partial charge on any atom is -0.321 e. The second-order valence-corrected chi connectivity index (χ2v) is 10.6. The second-order valence-electron chi connectivity index (χ2n) is 8.35. The van der Waals surface area contributed by atoms with Crippen LogP contribution in [0.5, 0.6) is 0 Å². The molecule has 0 unspecified atom stereocenters. The Morgan fingerprint density at radius 1 is 0.889 bits per heavy atom. The van der Waals surface area contributed by atoms with Crippen molar-refractivity contribution >= 4 is 21.6 Å². The van der Waals surface area contributed by atoms with Crippen LogP contribution >= 0.6 is 0 Å². The number of carbonyl (C=O) groups excluding carboxylic acids is 1. The van der Waals surface area contributed by atoms with Crippen molar-refractivity contribution in [2.24, 2.45) is 5.92 Å². The molecule has 0 bridgehead atoms. The molecule has 0 aromatic heterocycles. The summed E-state index contributed by atoms with van der Waals surface area (Å²) < 4.78 is 25.3. The summed E-state index contributed by atoms with van der Waals surface area (Å²) in [6, 6.07) is 7.05. The zero-order valence-electron chi connectivity index (χ0n) is 15.9. The Balaban J connectivity index is 1.41. The molecule has 1 atom stereocenters. The summed E-state index contributed by atoms with van der Waals surface area (Å²) in [5, 5.41) is 2.74. The highest BCUT2D eigenvalue weighted by atomic mass is 32.2. The Morgan fingerprint density at radius 2 is 1.52 bits per heavy atom. The van der Waals surface area contributed by atoms with Gasteiger partial charge in [0, 0.05) is 18.3 Å². The van der Waals surface area contributed by atoms with Crippen LogP contribution in [0.25, 0.3) is 0 Å². The molecule has 6 heteroatoms. The number of rotatable bonds is 4. The third kappa shape index (κ3) is 3.86. The van der Waals surface area contributed by atoms with Gasteiger partial charge in [-0.25, -0.2) is 13.2 Å². The van der Waals surface area contributed by atoms with E-state index in [0.717, 1.165) is 45.1 Å². The zero-order chi connectivity index (χ0) is 18.9. The molecule has 1 aliphatic heterocycles. The van der Waals surface area contributed by atoms with Crippen LogP contribution in [-0.4, -0.2) is 37.2 Å². The van der Waals surface area contributed by atoms with Gasteiger partial charge < -0.3 is 10.2 Å². The molecule has 3 aliphatic rings. The number of benzene rings is 1. The number of anilines is 1. The zero-order valence-corrected chi connectivity index (χ0v) is 16.7. The van der Waals surface area contributed by atoms with E-state index in [1.54, 1.807) is 24.3 Å². The standard InChI is InChI=1S/C21H30N2O3S/c24-21(23-15-5-10-20(23)16-6-1-2-7-16)22-17-11-13-19(14-12-17)27(25,26)18-8-3-4-9-18/h11-14,16,18,20H,1-10,15H2,(H,22,24)/t20-/m0/s1. The summed E-state index contributed by atoms with van der Waals surface area (Å²) in [6.45, 7) is 0.821. The fourth-order valence-corrected chi connectivity index (χ4v) is 7.05. The third-order valence-electron chi connectivity index (χ3n) is 6.68. The monoisotopic (exact) mass is 390 g/mol. The Morgan fingerprint density at radius 3 is 2.19 bits per heavy atom. The van der Waals surface area contributed by atoms with Crippen molar-refractivity contribution in [2.75, 3.05) is 11.9 Å². The molecule has 0 radical (unpaired) electrons. The molecule has 1 aromatic rings. The molecular weight excluding hydrogens is 360 g/mol. The summed E-state index contributed by atoms with van der Waals surface area (Å²) in [4.78, 5) is 15.1. The number of nitrogens with zero attached hydrogens (tertiary/aromatic N) is 1. The quantitative estimate of drug-likeness (QED) is 0.818. The number of urea groups is 1. The molecule has 2 aliphatic carbocycles. The van der Waals surface area contributed by atoms with E-state index in [1.807, 2.05) is 4.90 Å². The molecule has 1 N–H and O–H groups in total. The maximum Gasteiger partial charge on any atom is 0.322 e. The van der Waals surface area contributed by atoms with Crippen molar-refractivity contribution < 1.29 is 13.2 Å². The number of likely N-dealkylation sites (tertiary alicyclic amines) is 1. The van der Waals surface area contributed by atoms with Crippen LogP contribution in [0.4, 0.5) is 10.5 Å². The van der Waals surface area contributed by atoms with Gasteiger partial charge in [-0.05, 0) is 68.7 Å². The summed E-state index contributed by atoms with van der Waals surface area (Å²) in [6.07, 6.45) is 10.7. The van der Waals surface area contributed by atoms with E-state index in [-0.39, 0.29) is 11.3 Å². The van der Waals surface area contributed by atoms with Crippen LogP contribution in [0.3, 0.4) is 0 Å². The molecule has 5 nitrogen and oxygen atoms in total. The average Bonchev–Trinajstić information content (AvgIpc) is 3.44. The van der Waals surface area contributed by atoms with E-state index in [1.165, 1.54) is 25.7 Å². The van der Waals surface area contributed by atoms with Crippen molar-refractivity contribution in [2.45, 2.75) is 80.4 Å². The SMILES string of the molecule is O=C(Nc1ccc(S(=O)(=O)C2CCCC2)cc1)N1CCC[C@H]1C1CCCC1. The number of amides is 2. The van der Waals surface area contributed by atoms with Gasteiger partial charge in [0.25, 0.3) is 0 Å². The number of carbonyl (C=O) groups is 1. The van der Waals surface area contributed by atoms with Crippen molar-refractivity contribution in [3.63, 3.8) is 0 Å². The molecule has 27 heavy (non-hydrogen) atoms. The van der Waals surface area contributed by atoms with Crippen LogP contribution < -0.4 is 5.32 Å². The van der Waals surface area contributed by atoms with Gasteiger partial charge >= 0.3 is 6.03 Å². The lowest BCUT2D eigenvalue weighted by Crippen LogP contribution is -2.41. The van der Waals surface area contributed by atoms with Crippen molar-refractivity contribution in [1.29, 1.82) is 0 Å². The largest absolute Gasteiger partial charge is 0.322 e. The highest BCUT2D eigenvalue weighted by molar-refractivity contribution is 7.92. The van der Waals surface area contributed by atoms with Gasteiger partial charge in [-0.15, -0.1) is 0 Å². The van der Waals surface area contributed by atoms with E-state index < -0.39 is 9.84 Å². The predicted molar refractivity (Wildman–Crippen MR) is 107 cm³/mol. The summed E-state index contributed by atoms with van der Waals surface area (Å²) >= 11 is 0. The molecular formula is C21H30N2O3S. The number of nitrogens with one attached hydrogen (secondary N) is 1. The maximum atomic E-state index is 12.8. The third-order valence-corrected chi connectivity index (χ3v) is 8.96. The molecule has 2 amide bonds. The lowest BCUT2D eigenvalue weighted by molar-refractivity contribution is 0.185. The van der Waals surface area contributed by atoms with Crippen molar-refractivity contribution in [1.82, 2.24) is 4.90 Å². The first-order valence-electron chi connectivity index (χ1n) is 10.5. The van der Waals surface area contributed by atoms with Crippen LogP contribution in [0, 0.1) is 5.92 Å². The Bertz CT molecular complexity index is 763. The summed E-state index contributed by atoms with van der Waals surface area (Å²) in [7, 11) is -3.24.